The number of carbonyl (C=O) groups is 2. The molecule has 1 aromatic rings. The van der Waals surface area contributed by atoms with Crippen LogP contribution in [-0.2, 0) is 14.3 Å². The molecule has 5 rings (SSSR count). The molecule has 7 heteroatoms. The SMILES string of the molecule is COc1cc(Cl)c(C)cc1NC(=O)COC(=O)C12CC3CC(CC(O)(C3)C1)C2. The number of amides is 1. The monoisotopic (exact) mass is 407 g/mol. The van der Waals surface area contributed by atoms with E-state index in [4.69, 9.17) is 21.1 Å². The van der Waals surface area contributed by atoms with Gasteiger partial charge in [0.15, 0.2) is 6.61 Å². The van der Waals surface area contributed by atoms with E-state index in [0.29, 0.717) is 34.7 Å². The summed E-state index contributed by atoms with van der Waals surface area (Å²) in [6.07, 6.45) is 4.64. The number of ether oxygens (including phenoxy) is 2. The van der Waals surface area contributed by atoms with Gasteiger partial charge >= 0.3 is 5.97 Å². The lowest BCUT2D eigenvalue weighted by molar-refractivity contribution is -0.196. The smallest absolute Gasteiger partial charge is 0.312 e. The zero-order valence-electron chi connectivity index (χ0n) is 16.2. The Balaban J connectivity index is 1.39. The summed E-state index contributed by atoms with van der Waals surface area (Å²) in [5.41, 5.74) is -0.0844. The summed E-state index contributed by atoms with van der Waals surface area (Å²) in [4.78, 5) is 25.2. The number of hydrogen-bond acceptors (Lipinski definition) is 5. The molecule has 4 aliphatic carbocycles. The summed E-state index contributed by atoms with van der Waals surface area (Å²) in [6, 6.07) is 3.35. The van der Waals surface area contributed by atoms with Gasteiger partial charge in [-0.2, -0.15) is 0 Å². The van der Waals surface area contributed by atoms with Crippen LogP contribution in [-0.4, -0.2) is 36.3 Å². The summed E-state index contributed by atoms with van der Waals surface area (Å²) in [5.74, 6) is 0.424. The summed E-state index contributed by atoms with van der Waals surface area (Å²) < 4.78 is 10.7. The predicted molar refractivity (Wildman–Crippen MR) is 104 cm³/mol. The van der Waals surface area contributed by atoms with E-state index in [2.05, 4.69) is 5.32 Å². The number of anilines is 1. The second-order valence-electron chi connectivity index (χ2n) is 8.89. The first-order chi connectivity index (χ1) is 13.2. The van der Waals surface area contributed by atoms with Crippen LogP contribution in [0.4, 0.5) is 5.69 Å². The number of benzene rings is 1. The highest BCUT2D eigenvalue weighted by Crippen LogP contribution is 2.61. The van der Waals surface area contributed by atoms with E-state index in [9.17, 15) is 14.7 Å². The second kappa shape index (κ2) is 6.92. The minimum Gasteiger partial charge on any atom is -0.495 e. The maximum atomic E-state index is 12.9. The molecule has 0 saturated heterocycles. The average Bonchev–Trinajstić information content (AvgIpc) is 2.60. The van der Waals surface area contributed by atoms with Crippen molar-refractivity contribution in [3.05, 3.63) is 22.7 Å². The molecule has 6 nitrogen and oxygen atoms in total. The van der Waals surface area contributed by atoms with Gasteiger partial charge in [0.2, 0.25) is 0 Å². The van der Waals surface area contributed by atoms with E-state index in [1.807, 2.05) is 6.92 Å². The van der Waals surface area contributed by atoms with Crippen LogP contribution >= 0.6 is 11.6 Å². The van der Waals surface area contributed by atoms with Crippen LogP contribution in [0.3, 0.4) is 0 Å². The molecule has 1 amide bonds. The fraction of sp³-hybridized carbons (Fsp3) is 0.619. The van der Waals surface area contributed by atoms with Crippen molar-refractivity contribution in [3.63, 3.8) is 0 Å². The Labute approximate surface area is 169 Å². The van der Waals surface area contributed by atoms with Crippen LogP contribution in [0.25, 0.3) is 0 Å². The maximum Gasteiger partial charge on any atom is 0.312 e. The Morgan fingerprint density at radius 2 is 1.93 bits per heavy atom. The fourth-order valence-electron chi connectivity index (χ4n) is 5.85. The van der Waals surface area contributed by atoms with Crippen molar-refractivity contribution in [3.8, 4) is 5.75 Å². The average molecular weight is 408 g/mol. The van der Waals surface area contributed by atoms with Gasteiger partial charge in [-0.1, -0.05) is 11.6 Å². The van der Waals surface area contributed by atoms with E-state index in [1.54, 1.807) is 12.1 Å². The largest absolute Gasteiger partial charge is 0.495 e. The lowest BCUT2D eigenvalue weighted by Crippen LogP contribution is -2.58. The van der Waals surface area contributed by atoms with E-state index in [1.165, 1.54) is 7.11 Å². The summed E-state index contributed by atoms with van der Waals surface area (Å²) in [7, 11) is 1.49. The minimum atomic E-state index is -0.737. The van der Waals surface area contributed by atoms with Gasteiger partial charge in [-0.25, -0.2) is 0 Å². The van der Waals surface area contributed by atoms with Crippen molar-refractivity contribution >= 4 is 29.2 Å². The van der Waals surface area contributed by atoms with E-state index < -0.39 is 16.9 Å². The first kappa shape index (κ1) is 19.5. The van der Waals surface area contributed by atoms with Crippen LogP contribution in [0.5, 0.6) is 5.75 Å². The van der Waals surface area contributed by atoms with Gasteiger partial charge in [-0.15, -0.1) is 0 Å². The summed E-state index contributed by atoms with van der Waals surface area (Å²) in [5, 5.41) is 14.0. The Hall–Kier alpha value is -1.79. The Kier molecular flexibility index (Phi) is 4.82. The Morgan fingerprint density at radius 1 is 1.25 bits per heavy atom. The predicted octanol–water partition coefficient (Wildman–Crippen LogP) is 3.47. The molecule has 152 valence electrons. The Morgan fingerprint density at radius 3 is 2.54 bits per heavy atom. The number of aliphatic hydroxyl groups is 1. The molecule has 4 bridgehead atoms. The zero-order valence-corrected chi connectivity index (χ0v) is 17.0. The quantitative estimate of drug-likeness (QED) is 0.730. The van der Waals surface area contributed by atoms with Crippen LogP contribution in [0.2, 0.25) is 5.02 Å². The Bertz CT molecular complexity index is 809. The number of aryl methyl sites for hydroxylation is 1. The third kappa shape index (κ3) is 3.48. The van der Waals surface area contributed by atoms with Crippen molar-refractivity contribution in [1.82, 2.24) is 0 Å². The highest BCUT2D eigenvalue weighted by atomic mass is 35.5. The summed E-state index contributed by atoms with van der Waals surface area (Å²) >= 11 is 6.08. The standard InChI is InChI=1S/C21H26ClNO5/c1-12-3-16(17(27-2)5-15(12)22)23-18(24)10-28-19(25)20-6-13-4-14(7-20)9-21(26,8-13)11-20/h3,5,13-14,26H,4,6-11H2,1-2H3,(H,23,24). The molecule has 2 atom stereocenters. The highest BCUT2D eigenvalue weighted by Gasteiger charge is 2.60. The topological polar surface area (TPSA) is 84.9 Å². The van der Waals surface area contributed by atoms with Crippen LogP contribution < -0.4 is 10.1 Å². The number of carbonyl (C=O) groups excluding carboxylic acids is 2. The molecule has 4 saturated carbocycles. The molecule has 4 aliphatic rings. The molecule has 0 spiro atoms. The molecule has 28 heavy (non-hydrogen) atoms. The number of nitrogens with one attached hydrogen (secondary N) is 1. The molecule has 0 heterocycles. The molecule has 1 aromatic carbocycles. The van der Waals surface area contributed by atoms with Crippen LogP contribution in [0.1, 0.15) is 44.1 Å². The van der Waals surface area contributed by atoms with Gasteiger partial charge in [0, 0.05) is 11.1 Å². The first-order valence-corrected chi connectivity index (χ1v) is 10.1. The van der Waals surface area contributed by atoms with Crippen molar-refractivity contribution in [2.75, 3.05) is 19.0 Å². The second-order valence-corrected chi connectivity index (χ2v) is 9.30. The molecular weight excluding hydrogens is 382 g/mol. The number of esters is 1. The summed E-state index contributed by atoms with van der Waals surface area (Å²) in [6.45, 7) is 1.47. The zero-order chi connectivity index (χ0) is 20.1. The van der Waals surface area contributed by atoms with Crippen LogP contribution in [0.15, 0.2) is 12.1 Å². The minimum absolute atomic E-state index is 0.352. The molecule has 2 N–H and O–H groups in total. The van der Waals surface area contributed by atoms with Gasteiger partial charge < -0.3 is 19.9 Å². The van der Waals surface area contributed by atoms with Crippen molar-refractivity contribution < 1.29 is 24.2 Å². The number of methoxy groups -OCH3 is 1. The molecule has 2 unspecified atom stereocenters. The normalized spacial score (nSPS) is 32.9. The van der Waals surface area contributed by atoms with Gasteiger partial charge in [0.25, 0.3) is 5.91 Å². The molecule has 0 aliphatic heterocycles. The third-order valence-electron chi connectivity index (χ3n) is 6.55. The van der Waals surface area contributed by atoms with Gasteiger partial charge in [-0.3, -0.25) is 9.59 Å². The van der Waals surface area contributed by atoms with E-state index >= 15 is 0 Å². The highest BCUT2D eigenvalue weighted by molar-refractivity contribution is 6.31. The van der Waals surface area contributed by atoms with E-state index in [-0.39, 0.29) is 12.6 Å². The molecular formula is C21H26ClNO5. The number of halogens is 1. The van der Waals surface area contributed by atoms with Crippen molar-refractivity contribution in [1.29, 1.82) is 0 Å². The molecule has 0 radical (unpaired) electrons. The first-order valence-electron chi connectivity index (χ1n) is 9.76. The van der Waals surface area contributed by atoms with Gasteiger partial charge in [-0.05, 0) is 68.9 Å². The lowest BCUT2D eigenvalue weighted by Gasteiger charge is -2.58. The van der Waals surface area contributed by atoms with Crippen molar-refractivity contribution in [2.24, 2.45) is 17.3 Å². The third-order valence-corrected chi connectivity index (χ3v) is 6.96. The lowest BCUT2D eigenvalue weighted by atomic mass is 9.48. The number of hydrogen-bond donors (Lipinski definition) is 2. The van der Waals surface area contributed by atoms with Gasteiger partial charge in [0.1, 0.15) is 5.75 Å². The molecule has 0 aromatic heterocycles. The van der Waals surface area contributed by atoms with E-state index in [0.717, 1.165) is 37.7 Å². The fourth-order valence-corrected chi connectivity index (χ4v) is 6.01. The van der Waals surface area contributed by atoms with Crippen LogP contribution in [0, 0.1) is 24.2 Å². The van der Waals surface area contributed by atoms with Gasteiger partial charge in [0.05, 0.1) is 23.8 Å². The van der Waals surface area contributed by atoms with Crippen molar-refractivity contribution in [2.45, 2.75) is 51.0 Å². The molecule has 4 fully saturated rings. The number of rotatable bonds is 5. The maximum absolute atomic E-state index is 12.9.